The van der Waals surface area contributed by atoms with E-state index in [1.807, 2.05) is 37.4 Å². The van der Waals surface area contributed by atoms with Crippen LogP contribution in [-0.2, 0) is 4.79 Å². The quantitative estimate of drug-likeness (QED) is 0.925. The second-order valence-corrected chi connectivity index (χ2v) is 5.15. The fourth-order valence-corrected chi connectivity index (χ4v) is 2.92. The molecule has 5 heteroatoms. The number of nitrogens with zero attached hydrogens (tertiary/aromatic N) is 1. The minimum atomic E-state index is -0.237. The molecule has 1 aliphatic heterocycles. The molecular weight excluding hydrogens is 272 g/mol. The van der Waals surface area contributed by atoms with Crippen molar-refractivity contribution < 1.29 is 9.53 Å². The molecule has 1 aromatic carbocycles. The molecule has 1 N–H and O–H groups in total. The summed E-state index contributed by atoms with van der Waals surface area (Å²) in [4.78, 5) is 11.8. The molecular formula is C15H16N2O2S. The standard InChI is InChI=1S/C15H16N2O2S/c1-3-19-13-7-5-4-6-10(13)11-8-14(18)17-15(20-2)12(11)9-16/h4-7,11H,3,8H2,1-2H3,(H,17,18). The zero-order valence-corrected chi connectivity index (χ0v) is 12.3. The van der Waals surface area contributed by atoms with E-state index in [1.54, 1.807) is 0 Å². The number of hydrogen-bond acceptors (Lipinski definition) is 4. The summed E-state index contributed by atoms with van der Waals surface area (Å²) in [6, 6.07) is 9.82. The van der Waals surface area contributed by atoms with E-state index in [0.29, 0.717) is 17.2 Å². The first kappa shape index (κ1) is 14.5. The van der Waals surface area contributed by atoms with Crippen molar-refractivity contribution in [2.75, 3.05) is 12.9 Å². The maximum Gasteiger partial charge on any atom is 0.225 e. The van der Waals surface area contributed by atoms with E-state index in [2.05, 4.69) is 11.4 Å². The molecule has 0 aromatic heterocycles. The number of benzene rings is 1. The molecule has 4 nitrogen and oxygen atoms in total. The normalized spacial score (nSPS) is 18.4. The van der Waals surface area contributed by atoms with Crippen LogP contribution in [0.2, 0.25) is 0 Å². The van der Waals surface area contributed by atoms with Gasteiger partial charge in [-0.05, 0) is 19.2 Å². The molecule has 1 unspecified atom stereocenters. The van der Waals surface area contributed by atoms with Gasteiger partial charge >= 0.3 is 0 Å². The first-order chi connectivity index (χ1) is 9.71. The lowest BCUT2D eigenvalue weighted by Crippen LogP contribution is -2.30. The molecule has 0 fully saturated rings. The average molecular weight is 288 g/mol. The molecule has 0 saturated carbocycles. The van der Waals surface area contributed by atoms with Crippen LogP contribution < -0.4 is 10.1 Å². The summed E-state index contributed by atoms with van der Waals surface area (Å²) in [5, 5.41) is 12.8. The van der Waals surface area contributed by atoms with Gasteiger partial charge in [0.1, 0.15) is 5.75 Å². The Balaban J connectivity index is 2.50. The molecule has 1 aromatic rings. The van der Waals surface area contributed by atoms with Crippen LogP contribution in [0, 0.1) is 11.3 Å². The van der Waals surface area contributed by atoms with Gasteiger partial charge in [0, 0.05) is 17.9 Å². The van der Waals surface area contributed by atoms with E-state index in [0.717, 1.165) is 11.3 Å². The number of carbonyl (C=O) groups excluding carboxylic acids is 1. The maximum atomic E-state index is 11.8. The molecule has 1 aliphatic rings. The molecule has 0 bridgehead atoms. The van der Waals surface area contributed by atoms with Gasteiger partial charge in [0.2, 0.25) is 5.91 Å². The summed E-state index contributed by atoms with van der Waals surface area (Å²) in [6.07, 6.45) is 2.13. The Morgan fingerprint density at radius 1 is 1.50 bits per heavy atom. The van der Waals surface area contributed by atoms with Crippen molar-refractivity contribution >= 4 is 17.7 Å². The van der Waals surface area contributed by atoms with E-state index in [9.17, 15) is 10.1 Å². The van der Waals surface area contributed by atoms with Crippen molar-refractivity contribution in [2.24, 2.45) is 0 Å². The lowest BCUT2D eigenvalue weighted by molar-refractivity contribution is -0.120. The molecule has 1 amide bonds. The predicted molar refractivity (Wildman–Crippen MR) is 79.3 cm³/mol. The first-order valence-corrected chi connectivity index (χ1v) is 7.63. The van der Waals surface area contributed by atoms with Crippen LogP contribution in [0.25, 0.3) is 0 Å². The van der Waals surface area contributed by atoms with Gasteiger partial charge in [0.05, 0.1) is 23.3 Å². The Labute approximate surface area is 122 Å². The van der Waals surface area contributed by atoms with Crippen molar-refractivity contribution in [3.8, 4) is 11.8 Å². The molecule has 0 aliphatic carbocycles. The third kappa shape index (κ3) is 2.81. The van der Waals surface area contributed by atoms with E-state index >= 15 is 0 Å². The Morgan fingerprint density at radius 2 is 2.25 bits per heavy atom. The number of nitrogens with one attached hydrogen (secondary N) is 1. The zero-order chi connectivity index (χ0) is 14.5. The van der Waals surface area contributed by atoms with Crippen molar-refractivity contribution in [3.05, 3.63) is 40.4 Å². The minimum absolute atomic E-state index is 0.0651. The third-order valence-corrected chi connectivity index (χ3v) is 3.88. The summed E-state index contributed by atoms with van der Waals surface area (Å²) in [5.41, 5.74) is 1.50. The van der Waals surface area contributed by atoms with Crippen molar-refractivity contribution in [3.63, 3.8) is 0 Å². The first-order valence-electron chi connectivity index (χ1n) is 6.41. The summed E-state index contributed by atoms with van der Waals surface area (Å²) in [7, 11) is 0. The Kier molecular flexibility index (Phi) is 4.70. The Hall–Kier alpha value is -1.93. The number of carbonyl (C=O) groups is 1. The maximum absolute atomic E-state index is 11.8. The SMILES string of the molecule is CCOc1ccccc1C1CC(=O)NC(SC)=C1C#N. The van der Waals surface area contributed by atoms with Crippen LogP contribution in [0.3, 0.4) is 0 Å². The van der Waals surface area contributed by atoms with E-state index in [4.69, 9.17) is 4.74 Å². The molecule has 2 rings (SSSR count). The van der Waals surface area contributed by atoms with Gasteiger partial charge in [0.15, 0.2) is 0 Å². The van der Waals surface area contributed by atoms with Gasteiger partial charge in [0.25, 0.3) is 0 Å². The summed E-state index contributed by atoms with van der Waals surface area (Å²) >= 11 is 1.38. The second kappa shape index (κ2) is 6.49. The van der Waals surface area contributed by atoms with Gasteiger partial charge in [-0.2, -0.15) is 5.26 Å². The van der Waals surface area contributed by atoms with Crippen molar-refractivity contribution in [2.45, 2.75) is 19.3 Å². The highest BCUT2D eigenvalue weighted by atomic mass is 32.2. The van der Waals surface area contributed by atoms with E-state index < -0.39 is 0 Å². The number of hydrogen-bond donors (Lipinski definition) is 1. The van der Waals surface area contributed by atoms with Gasteiger partial charge in [-0.1, -0.05) is 18.2 Å². The van der Waals surface area contributed by atoms with Crippen LogP contribution in [0.4, 0.5) is 0 Å². The fourth-order valence-electron chi connectivity index (χ4n) is 2.30. The third-order valence-electron chi connectivity index (χ3n) is 3.15. The van der Waals surface area contributed by atoms with Crippen LogP contribution >= 0.6 is 11.8 Å². The average Bonchev–Trinajstić information content (AvgIpc) is 2.47. The highest BCUT2D eigenvalue weighted by molar-refractivity contribution is 8.02. The van der Waals surface area contributed by atoms with Crippen LogP contribution in [-0.4, -0.2) is 18.8 Å². The van der Waals surface area contributed by atoms with Crippen molar-refractivity contribution in [1.29, 1.82) is 5.26 Å². The summed E-state index contributed by atoms with van der Waals surface area (Å²) in [6.45, 7) is 2.47. The number of allylic oxidation sites excluding steroid dienone is 1. The van der Waals surface area contributed by atoms with Gasteiger partial charge in [-0.25, -0.2) is 0 Å². The monoisotopic (exact) mass is 288 g/mol. The molecule has 20 heavy (non-hydrogen) atoms. The molecule has 1 atom stereocenters. The van der Waals surface area contributed by atoms with E-state index in [1.165, 1.54) is 11.8 Å². The van der Waals surface area contributed by atoms with Gasteiger partial charge < -0.3 is 10.1 Å². The number of ether oxygens (including phenoxy) is 1. The molecule has 104 valence electrons. The molecule has 0 spiro atoms. The highest BCUT2D eigenvalue weighted by Crippen LogP contribution is 2.39. The zero-order valence-electron chi connectivity index (χ0n) is 11.5. The summed E-state index contributed by atoms with van der Waals surface area (Å²) in [5.74, 6) is 0.437. The number of rotatable bonds is 4. The number of nitriles is 1. The highest BCUT2D eigenvalue weighted by Gasteiger charge is 2.30. The second-order valence-electron chi connectivity index (χ2n) is 4.33. The van der Waals surface area contributed by atoms with Gasteiger partial charge in [-0.3, -0.25) is 4.79 Å². The van der Waals surface area contributed by atoms with Crippen LogP contribution in [0.1, 0.15) is 24.8 Å². The number of thioether (sulfide) groups is 1. The Morgan fingerprint density at radius 3 is 2.90 bits per heavy atom. The largest absolute Gasteiger partial charge is 0.494 e. The predicted octanol–water partition coefficient (Wildman–Crippen LogP) is 2.79. The van der Waals surface area contributed by atoms with Crippen LogP contribution in [0.5, 0.6) is 5.75 Å². The molecule has 0 radical (unpaired) electrons. The summed E-state index contributed by atoms with van der Waals surface area (Å²) < 4.78 is 5.62. The number of amides is 1. The van der Waals surface area contributed by atoms with Gasteiger partial charge in [-0.15, -0.1) is 11.8 Å². The fraction of sp³-hybridized carbons (Fsp3) is 0.333. The van der Waals surface area contributed by atoms with E-state index in [-0.39, 0.29) is 18.2 Å². The minimum Gasteiger partial charge on any atom is -0.494 e. The lowest BCUT2D eigenvalue weighted by Gasteiger charge is -2.25. The topological polar surface area (TPSA) is 62.1 Å². The number of para-hydroxylation sites is 1. The molecule has 0 saturated heterocycles. The smallest absolute Gasteiger partial charge is 0.225 e. The molecule has 1 heterocycles. The Bertz CT molecular complexity index is 590. The lowest BCUT2D eigenvalue weighted by atomic mass is 9.86. The van der Waals surface area contributed by atoms with Crippen molar-refractivity contribution in [1.82, 2.24) is 5.32 Å². The van der Waals surface area contributed by atoms with Crippen LogP contribution in [0.15, 0.2) is 34.9 Å².